The Labute approximate surface area is 127 Å². The van der Waals surface area contributed by atoms with Crippen LogP contribution < -0.4 is 11.1 Å². The number of rotatable bonds is 5. The molecule has 0 saturated heterocycles. The Bertz CT molecular complexity index is 646. The molecule has 3 N–H and O–H groups in total. The third-order valence-corrected chi connectivity index (χ3v) is 4.11. The third-order valence-electron chi connectivity index (χ3n) is 2.95. The molecule has 2 aromatic rings. The van der Waals surface area contributed by atoms with Gasteiger partial charge in [0.1, 0.15) is 5.82 Å². The monoisotopic (exact) mass is 304 g/mol. The number of hydrogen-bond donors (Lipinski definition) is 2. The van der Waals surface area contributed by atoms with Crippen molar-refractivity contribution in [3.8, 4) is 0 Å². The summed E-state index contributed by atoms with van der Waals surface area (Å²) in [5.41, 5.74) is 7.79. The lowest BCUT2D eigenvalue weighted by molar-refractivity contribution is -0.115. The summed E-state index contributed by atoms with van der Waals surface area (Å²) in [4.78, 5) is 12.9. The van der Waals surface area contributed by atoms with Crippen LogP contribution in [0.5, 0.6) is 0 Å². The summed E-state index contributed by atoms with van der Waals surface area (Å²) in [7, 11) is 0. The standard InChI is InChI=1S/C16H17FN2OS/c1-11-6-7-12(18)10-15(11)21-9-8-16(20)19-14-5-3-2-4-13(14)17/h2-7,10H,8-9,18H2,1H3,(H,19,20). The van der Waals surface area contributed by atoms with Gasteiger partial charge in [0.15, 0.2) is 0 Å². The first-order valence-corrected chi connectivity index (χ1v) is 7.58. The first kappa shape index (κ1) is 15.4. The number of halogens is 1. The minimum absolute atomic E-state index is 0.200. The predicted molar refractivity (Wildman–Crippen MR) is 86.0 cm³/mol. The number of nitrogens with two attached hydrogens (primary N) is 1. The van der Waals surface area contributed by atoms with E-state index in [4.69, 9.17) is 5.73 Å². The SMILES string of the molecule is Cc1ccc(N)cc1SCCC(=O)Nc1ccccc1F. The first-order chi connectivity index (χ1) is 10.1. The van der Waals surface area contributed by atoms with Crippen LogP contribution >= 0.6 is 11.8 Å². The molecule has 2 aromatic carbocycles. The molecule has 21 heavy (non-hydrogen) atoms. The third kappa shape index (κ3) is 4.49. The molecular formula is C16H17FN2OS. The van der Waals surface area contributed by atoms with E-state index in [1.165, 1.54) is 6.07 Å². The van der Waals surface area contributed by atoms with Gasteiger partial charge in [-0.05, 0) is 36.8 Å². The maximum atomic E-state index is 13.4. The van der Waals surface area contributed by atoms with Crippen LogP contribution in [0.3, 0.4) is 0 Å². The van der Waals surface area contributed by atoms with Crippen molar-refractivity contribution in [1.29, 1.82) is 0 Å². The molecule has 0 fully saturated rings. The van der Waals surface area contributed by atoms with Gasteiger partial charge in [0, 0.05) is 22.8 Å². The molecule has 0 radical (unpaired) electrons. The largest absolute Gasteiger partial charge is 0.399 e. The number of para-hydroxylation sites is 1. The summed E-state index contributed by atoms with van der Waals surface area (Å²) in [6.07, 6.45) is 0.313. The Balaban J connectivity index is 1.85. The van der Waals surface area contributed by atoms with E-state index >= 15 is 0 Å². The highest BCUT2D eigenvalue weighted by Crippen LogP contribution is 2.25. The Hall–Kier alpha value is -2.01. The van der Waals surface area contributed by atoms with Crippen molar-refractivity contribution in [3.63, 3.8) is 0 Å². The molecule has 2 rings (SSSR count). The lowest BCUT2D eigenvalue weighted by Crippen LogP contribution is -2.13. The van der Waals surface area contributed by atoms with Crippen molar-refractivity contribution >= 4 is 29.0 Å². The van der Waals surface area contributed by atoms with Crippen LogP contribution in [0.2, 0.25) is 0 Å². The summed E-state index contributed by atoms with van der Waals surface area (Å²) < 4.78 is 13.4. The Morgan fingerprint density at radius 1 is 1.29 bits per heavy atom. The molecule has 0 aliphatic heterocycles. The van der Waals surface area contributed by atoms with E-state index in [1.807, 2.05) is 25.1 Å². The molecule has 0 aromatic heterocycles. The van der Waals surface area contributed by atoms with Gasteiger partial charge in [-0.2, -0.15) is 0 Å². The molecule has 0 heterocycles. The van der Waals surface area contributed by atoms with Crippen LogP contribution in [-0.4, -0.2) is 11.7 Å². The fourth-order valence-electron chi connectivity index (χ4n) is 1.80. The second kappa shape index (κ2) is 7.13. The minimum atomic E-state index is -0.426. The van der Waals surface area contributed by atoms with Gasteiger partial charge >= 0.3 is 0 Å². The van der Waals surface area contributed by atoms with Crippen molar-refractivity contribution in [2.24, 2.45) is 0 Å². The summed E-state index contributed by atoms with van der Waals surface area (Å²) in [5.74, 6) is -0.00996. The smallest absolute Gasteiger partial charge is 0.225 e. The summed E-state index contributed by atoms with van der Waals surface area (Å²) in [6, 6.07) is 11.8. The second-order valence-corrected chi connectivity index (χ2v) is 5.79. The van der Waals surface area contributed by atoms with Gasteiger partial charge in [0.25, 0.3) is 0 Å². The van der Waals surface area contributed by atoms with Gasteiger partial charge in [-0.15, -0.1) is 11.8 Å². The minimum Gasteiger partial charge on any atom is -0.399 e. The molecule has 1 amide bonds. The quantitative estimate of drug-likeness (QED) is 0.652. The van der Waals surface area contributed by atoms with Crippen LogP contribution in [0.4, 0.5) is 15.8 Å². The van der Waals surface area contributed by atoms with E-state index in [2.05, 4.69) is 5.32 Å². The summed E-state index contributed by atoms with van der Waals surface area (Å²) in [5, 5.41) is 2.57. The number of carbonyl (C=O) groups is 1. The van der Waals surface area contributed by atoms with Crippen LogP contribution in [0.25, 0.3) is 0 Å². The normalized spacial score (nSPS) is 10.4. The molecule has 0 aliphatic carbocycles. The molecule has 3 nitrogen and oxygen atoms in total. The highest BCUT2D eigenvalue weighted by atomic mass is 32.2. The van der Waals surface area contributed by atoms with Crippen molar-refractivity contribution in [2.75, 3.05) is 16.8 Å². The number of thioether (sulfide) groups is 1. The molecule has 0 saturated carbocycles. The zero-order valence-electron chi connectivity index (χ0n) is 11.7. The molecule has 5 heteroatoms. The van der Waals surface area contributed by atoms with Crippen LogP contribution in [0.15, 0.2) is 47.4 Å². The Kier molecular flexibility index (Phi) is 5.22. The zero-order valence-corrected chi connectivity index (χ0v) is 12.5. The summed E-state index contributed by atoms with van der Waals surface area (Å²) >= 11 is 1.57. The van der Waals surface area contributed by atoms with Gasteiger partial charge in [0.05, 0.1) is 5.69 Å². The highest BCUT2D eigenvalue weighted by molar-refractivity contribution is 7.99. The molecule has 0 atom stereocenters. The number of aryl methyl sites for hydroxylation is 1. The van der Waals surface area contributed by atoms with Gasteiger partial charge in [-0.3, -0.25) is 4.79 Å². The van der Waals surface area contributed by atoms with E-state index in [9.17, 15) is 9.18 Å². The molecule has 110 valence electrons. The van der Waals surface area contributed by atoms with Gasteiger partial charge < -0.3 is 11.1 Å². The van der Waals surface area contributed by atoms with Gasteiger partial charge in [-0.1, -0.05) is 18.2 Å². The van der Waals surface area contributed by atoms with Crippen LogP contribution in [0, 0.1) is 12.7 Å². The average Bonchev–Trinajstić information content (AvgIpc) is 2.45. The van der Waals surface area contributed by atoms with E-state index in [0.717, 1.165) is 10.5 Å². The van der Waals surface area contributed by atoms with Crippen molar-refractivity contribution in [2.45, 2.75) is 18.2 Å². The number of benzene rings is 2. The van der Waals surface area contributed by atoms with Crippen molar-refractivity contribution in [3.05, 3.63) is 53.8 Å². The number of hydrogen-bond acceptors (Lipinski definition) is 3. The van der Waals surface area contributed by atoms with Gasteiger partial charge in [-0.25, -0.2) is 4.39 Å². The van der Waals surface area contributed by atoms with Crippen molar-refractivity contribution in [1.82, 2.24) is 0 Å². The fraction of sp³-hybridized carbons (Fsp3) is 0.188. The number of carbonyl (C=O) groups excluding carboxylic acids is 1. The van der Waals surface area contributed by atoms with Crippen LogP contribution in [0.1, 0.15) is 12.0 Å². The van der Waals surface area contributed by atoms with Crippen LogP contribution in [-0.2, 0) is 4.79 Å². The van der Waals surface area contributed by atoms with E-state index in [1.54, 1.807) is 30.0 Å². The fourth-order valence-corrected chi connectivity index (χ4v) is 2.82. The molecule has 0 aliphatic rings. The Morgan fingerprint density at radius 3 is 2.81 bits per heavy atom. The maximum Gasteiger partial charge on any atom is 0.225 e. The lowest BCUT2D eigenvalue weighted by Gasteiger charge is -2.08. The lowest BCUT2D eigenvalue weighted by atomic mass is 10.2. The Morgan fingerprint density at radius 2 is 2.05 bits per heavy atom. The number of nitrogen functional groups attached to an aromatic ring is 1. The maximum absolute atomic E-state index is 13.4. The zero-order chi connectivity index (χ0) is 15.2. The van der Waals surface area contributed by atoms with E-state index < -0.39 is 5.82 Å². The highest BCUT2D eigenvalue weighted by Gasteiger charge is 2.07. The summed E-state index contributed by atoms with van der Waals surface area (Å²) in [6.45, 7) is 2.00. The molecule has 0 bridgehead atoms. The van der Waals surface area contributed by atoms with E-state index in [0.29, 0.717) is 17.9 Å². The first-order valence-electron chi connectivity index (χ1n) is 6.59. The predicted octanol–water partition coefficient (Wildman–Crippen LogP) is 3.84. The van der Waals surface area contributed by atoms with E-state index in [-0.39, 0.29) is 11.6 Å². The number of anilines is 2. The molecular weight excluding hydrogens is 287 g/mol. The van der Waals surface area contributed by atoms with Crippen molar-refractivity contribution < 1.29 is 9.18 Å². The average molecular weight is 304 g/mol. The number of amides is 1. The topological polar surface area (TPSA) is 55.1 Å². The molecule has 0 spiro atoms. The molecule has 0 unspecified atom stereocenters. The second-order valence-electron chi connectivity index (χ2n) is 4.65. The van der Waals surface area contributed by atoms with Gasteiger partial charge in [0.2, 0.25) is 5.91 Å². The number of nitrogens with one attached hydrogen (secondary N) is 1.